The Morgan fingerprint density at radius 1 is 1.36 bits per heavy atom. The topological polar surface area (TPSA) is 15.3 Å². The minimum Gasteiger partial charge on any atom is -0.316 e. The van der Waals surface area contributed by atoms with Crippen molar-refractivity contribution in [3.63, 3.8) is 0 Å². The van der Waals surface area contributed by atoms with Crippen molar-refractivity contribution in [3.05, 3.63) is 0 Å². The van der Waals surface area contributed by atoms with E-state index in [-0.39, 0.29) is 0 Å². The van der Waals surface area contributed by atoms with E-state index in [1.54, 1.807) is 0 Å². The Morgan fingerprint density at radius 3 is 2.64 bits per heavy atom. The predicted molar refractivity (Wildman–Crippen MR) is 60.5 cm³/mol. The van der Waals surface area contributed by atoms with Crippen LogP contribution in [0.2, 0.25) is 0 Å². The third-order valence-corrected chi connectivity index (χ3v) is 3.92. The average Bonchev–Trinajstić information content (AvgIpc) is 2.90. The molecule has 0 aromatic rings. The first-order valence-electron chi connectivity index (χ1n) is 6.24. The number of nitrogens with zero attached hydrogens (tertiary/aromatic N) is 1. The highest BCUT2D eigenvalue weighted by Gasteiger charge is 2.31. The van der Waals surface area contributed by atoms with Gasteiger partial charge in [-0.3, -0.25) is 4.90 Å². The molecule has 2 atom stereocenters. The molecule has 0 aromatic heterocycles. The lowest BCUT2D eigenvalue weighted by Gasteiger charge is -2.26. The second-order valence-corrected chi connectivity index (χ2v) is 5.01. The number of rotatable bonds is 5. The predicted octanol–water partition coefficient (Wildman–Crippen LogP) is 1.86. The summed E-state index contributed by atoms with van der Waals surface area (Å²) < 4.78 is 0. The van der Waals surface area contributed by atoms with Crippen LogP contribution in [0.3, 0.4) is 0 Å². The van der Waals surface area contributed by atoms with E-state index in [9.17, 15) is 0 Å². The zero-order valence-electron chi connectivity index (χ0n) is 9.63. The number of hydrogen-bond donors (Lipinski definition) is 1. The van der Waals surface area contributed by atoms with Crippen LogP contribution in [0.4, 0.5) is 0 Å². The van der Waals surface area contributed by atoms with E-state index in [1.165, 1.54) is 45.2 Å². The Bertz CT molecular complexity index is 177. The summed E-state index contributed by atoms with van der Waals surface area (Å²) in [7, 11) is 2.09. The van der Waals surface area contributed by atoms with E-state index in [0.29, 0.717) is 0 Å². The van der Waals surface area contributed by atoms with Crippen LogP contribution in [-0.2, 0) is 0 Å². The maximum atomic E-state index is 3.40. The minimum atomic E-state index is 0.753. The van der Waals surface area contributed by atoms with E-state index >= 15 is 0 Å². The van der Waals surface area contributed by atoms with Gasteiger partial charge in [0.05, 0.1) is 0 Å². The Balaban J connectivity index is 1.79. The van der Waals surface area contributed by atoms with Crippen molar-refractivity contribution >= 4 is 0 Å². The van der Waals surface area contributed by atoms with Gasteiger partial charge < -0.3 is 5.32 Å². The standard InChI is InChI=1S/C12H24N2/c1-3-12(8-10-4-5-10)14-7-6-11(9-14)13-2/h10-13H,3-9H2,1-2H3. The molecule has 1 saturated heterocycles. The van der Waals surface area contributed by atoms with Gasteiger partial charge in [0.1, 0.15) is 0 Å². The molecule has 2 unspecified atom stereocenters. The summed E-state index contributed by atoms with van der Waals surface area (Å²) in [6.07, 6.45) is 7.15. The molecule has 2 heteroatoms. The van der Waals surface area contributed by atoms with Crippen molar-refractivity contribution in [2.45, 2.75) is 51.1 Å². The third kappa shape index (κ3) is 2.48. The first-order valence-corrected chi connectivity index (χ1v) is 6.24. The van der Waals surface area contributed by atoms with Crippen LogP contribution in [0.5, 0.6) is 0 Å². The monoisotopic (exact) mass is 196 g/mol. The quantitative estimate of drug-likeness (QED) is 0.722. The van der Waals surface area contributed by atoms with Gasteiger partial charge in [-0.25, -0.2) is 0 Å². The minimum absolute atomic E-state index is 0.753. The fraction of sp³-hybridized carbons (Fsp3) is 1.00. The Labute approximate surface area is 88.1 Å². The summed E-state index contributed by atoms with van der Waals surface area (Å²) in [4.78, 5) is 2.71. The van der Waals surface area contributed by atoms with Crippen molar-refractivity contribution in [3.8, 4) is 0 Å². The lowest BCUT2D eigenvalue weighted by Crippen LogP contribution is -2.36. The zero-order valence-corrected chi connectivity index (χ0v) is 9.63. The molecule has 82 valence electrons. The Kier molecular flexibility index (Phi) is 3.45. The highest BCUT2D eigenvalue weighted by molar-refractivity contribution is 4.87. The number of nitrogens with one attached hydrogen (secondary N) is 1. The molecule has 0 spiro atoms. The number of likely N-dealkylation sites (N-methyl/N-ethyl adjacent to an activating group) is 1. The Hall–Kier alpha value is -0.0800. The van der Waals surface area contributed by atoms with Crippen LogP contribution >= 0.6 is 0 Å². The molecule has 2 nitrogen and oxygen atoms in total. The van der Waals surface area contributed by atoms with Crippen molar-refractivity contribution < 1.29 is 0 Å². The summed E-state index contributed by atoms with van der Waals surface area (Å²) in [5.74, 6) is 1.08. The van der Waals surface area contributed by atoms with Crippen LogP contribution < -0.4 is 5.32 Å². The average molecular weight is 196 g/mol. The second-order valence-electron chi connectivity index (χ2n) is 5.01. The van der Waals surface area contributed by atoms with Gasteiger partial charge in [0.25, 0.3) is 0 Å². The molecular weight excluding hydrogens is 172 g/mol. The van der Waals surface area contributed by atoms with Crippen LogP contribution in [0, 0.1) is 5.92 Å². The third-order valence-electron chi connectivity index (χ3n) is 3.92. The molecule has 0 radical (unpaired) electrons. The van der Waals surface area contributed by atoms with Gasteiger partial charge in [-0.05, 0) is 32.2 Å². The SMILES string of the molecule is CCC(CC1CC1)N1CCC(NC)C1. The summed E-state index contributed by atoms with van der Waals surface area (Å²) in [5.41, 5.74) is 0. The summed E-state index contributed by atoms with van der Waals surface area (Å²) in [5, 5.41) is 3.40. The maximum absolute atomic E-state index is 3.40. The van der Waals surface area contributed by atoms with Crippen LogP contribution in [-0.4, -0.2) is 37.1 Å². The fourth-order valence-electron chi connectivity index (χ4n) is 2.67. The second kappa shape index (κ2) is 4.63. The van der Waals surface area contributed by atoms with E-state index < -0.39 is 0 Å². The van der Waals surface area contributed by atoms with Crippen LogP contribution in [0.15, 0.2) is 0 Å². The molecule has 1 N–H and O–H groups in total. The van der Waals surface area contributed by atoms with Gasteiger partial charge in [-0.1, -0.05) is 19.8 Å². The summed E-state index contributed by atoms with van der Waals surface area (Å²) in [6, 6.07) is 1.63. The largest absolute Gasteiger partial charge is 0.316 e. The zero-order chi connectivity index (χ0) is 9.97. The Morgan fingerprint density at radius 2 is 2.14 bits per heavy atom. The summed E-state index contributed by atoms with van der Waals surface area (Å²) >= 11 is 0. The number of likely N-dealkylation sites (tertiary alicyclic amines) is 1. The number of hydrogen-bond acceptors (Lipinski definition) is 2. The molecule has 2 aliphatic rings. The van der Waals surface area contributed by atoms with Crippen molar-refractivity contribution in [1.82, 2.24) is 10.2 Å². The highest BCUT2D eigenvalue weighted by atomic mass is 15.2. The molecule has 14 heavy (non-hydrogen) atoms. The van der Waals surface area contributed by atoms with Gasteiger partial charge in [-0.15, -0.1) is 0 Å². The normalized spacial score (nSPS) is 30.9. The molecule has 0 aromatic carbocycles. The van der Waals surface area contributed by atoms with E-state index in [4.69, 9.17) is 0 Å². The molecule has 1 heterocycles. The lowest BCUT2D eigenvalue weighted by atomic mass is 10.1. The van der Waals surface area contributed by atoms with Crippen LogP contribution in [0.1, 0.15) is 39.0 Å². The molecule has 2 rings (SSSR count). The molecule has 0 amide bonds. The van der Waals surface area contributed by atoms with E-state index in [2.05, 4.69) is 24.2 Å². The van der Waals surface area contributed by atoms with Gasteiger partial charge in [0, 0.05) is 25.2 Å². The first-order chi connectivity index (χ1) is 6.83. The van der Waals surface area contributed by atoms with Crippen molar-refractivity contribution in [2.75, 3.05) is 20.1 Å². The molecular formula is C12H24N2. The summed E-state index contributed by atoms with van der Waals surface area (Å²) in [6.45, 7) is 4.94. The van der Waals surface area contributed by atoms with E-state index in [1.807, 2.05) is 0 Å². The molecule has 1 aliphatic heterocycles. The smallest absolute Gasteiger partial charge is 0.0204 e. The van der Waals surface area contributed by atoms with Gasteiger partial charge >= 0.3 is 0 Å². The van der Waals surface area contributed by atoms with Crippen molar-refractivity contribution in [2.24, 2.45) is 5.92 Å². The van der Waals surface area contributed by atoms with Gasteiger partial charge in [0.15, 0.2) is 0 Å². The van der Waals surface area contributed by atoms with Gasteiger partial charge in [-0.2, -0.15) is 0 Å². The van der Waals surface area contributed by atoms with Crippen molar-refractivity contribution in [1.29, 1.82) is 0 Å². The highest BCUT2D eigenvalue weighted by Crippen LogP contribution is 2.36. The molecule has 2 fully saturated rings. The first kappa shape index (κ1) is 10.4. The van der Waals surface area contributed by atoms with Gasteiger partial charge in [0.2, 0.25) is 0 Å². The van der Waals surface area contributed by atoms with E-state index in [0.717, 1.165) is 18.0 Å². The molecule has 1 saturated carbocycles. The maximum Gasteiger partial charge on any atom is 0.0204 e. The molecule has 1 aliphatic carbocycles. The van der Waals surface area contributed by atoms with Crippen LogP contribution in [0.25, 0.3) is 0 Å². The fourth-order valence-corrected chi connectivity index (χ4v) is 2.67. The molecule has 0 bridgehead atoms. The lowest BCUT2D eigenvalue weighted by molar-refractivity contribution is 0.212.